The fraction of sp³-hybridized carbons (Fsp3) is 0.278. The second-order valence-corrected chi connectivity index (χ2v) is 5.42. The van der Waals surface area contributed by atoms with Gasteiger partial charge in [0.2, 0.25) is 5.91 Å². The van der Waals surface area contributed by atoms with E-state index in [0.717, 1.165) is 0 Å². The highest BCUT2D eigenvalue weighted by atomic mass is 16.3. The fourth-order valence-electron chi connectivity index (χ4n) is 2.26. The van der Waals surface area contributed by atoms with Crippen molar-refractivity contribution in [3.63, 3.8) is 0 Å². The maximum atomic E-state index is 11.9. The van der Waals surface area contributed by atoms with Gasteiger partial charge in [0.1, 0.15) is 5.75 Å². The fourth-order valence-corrected chi connectivity index (χ4v) is 2.26. The molecule has 0 fully saturated rings. The van der Waals surface area contributed by atoms with Gasteiger partial charge in [0.25, 0.3) is 0 Å². The Morgan fingerprint density at radius 1 is 1.19 bits per heavy atom. The van der Waals surface area contributed by atoms with Gasteiger partial charge < -0.3 is 10.4 Å². The van der Waals surface area contributed by atoms with Crippen molar-refractivity contribution in [3.05, 3.63) is 65.2 Å². The number of phenols is 1. The van der Waals surface area contributed by atoms with Gasteiger partial charge in [-0.25, -0.2) is 0 Å². The standard InChI is InChI=1S/C18H21NO2/c1-13-6-5-8-15(10-13)14(2)12-19-18(21)11-16-7-3-4-9-17(16)20/h3-10,14,20H,11-12H2,1-2H3,(H,19,21)/t14-/m1/s1. The van der Waals surface area contributed by atoms with Gasteiger partial charge in [0.15, 0.2) is 0 Å². The Morgan fingerprint density at radius 3 is 2.67 bits per heavy atom. The molecule has 3 heteroatoms. The van der Waals surface area contributed by atoms with Crippen molar-refractivity contribution in [1.82, 2.24) is 5.32 Å². The number of nitrogens with one attached hydrogen (secondary N) is 1. The molecule has 2 rings (SSSR count). The van der Waals surface area contributed by atoms with Gasteiger partial charge in [-0.1, -0.05) is 55.0 Å². The van der Waals surface area contributed by atoms with Crippen LogP contribution in [-0.2, 0) is 11.2 Å². The highest BCUT2D eigenvalue weighted by Gasteiger charge is 2.10. The molecule has 0 aliphatic carbocycles. The summed E-state index contributed by atoms with van der Waals surface area (Å²) >= 11 is 0. The number of rotatable bonds is 5. The highest BCUT2D eigenvalue weighted by molar-refractivity contribution is 5.79. The molecule has 110 valence electrons. The lowest BCUT2D eigenvalue weighted by Gasteiger charge is -2.14. The number of amides is 1. The molecule has 0 heterocycles. The van der Waals surface area contributed by atoms with E-state index in [1.807, 2.05) is 12.1 Å². The first-order chi connectivity index (χ1) is 10.1. The summed E-state index contributed by atoms with van der Waals surface area (Å²) in [6.07, 6.45) is 0.202. The lowest BCUT2D eigenvalue weighted by molar-refractivity contribution is -0.120. The maximum absolute atomic E-state index is 11.9. The number of carbonyl (C=O) groups excluding carboxylic acids is 1. The minimum absolute atomic E-state index is 0.0731. The Hall–Kier alpha value is -2.29. The van der Waals surface area contributed by atoms with Crippen molar-refractivity contribution >= 4 is 5.91 Å². The number of hydrogen-bond acceptors (Lipinski definition) is 2. The normalized spacial score (nSPS) is 11.9. The van der Waals surface area contributed by atoms with Crippen LogP contribution in [0.15, 0.2) is 48.5 Å². The molecule has 0 saturated heterocycles. The van der Waals surface area contributed by atoms with E-state index in [9.17, 15) is 9.90 Å². The quantitative estimate of drug-likeness (QED) is 0.885. The van der Waals surface area contributed by atoms with Crippen LogP contribution in [0.3, 0.4) is 0 Å². The maximum Gasteiger partial charge on any atom is 0.224 e. The van der Waals surface area contributed by atoms with Crippen molar-refractivity contribution in [2.75, 3.05) is 6.54 Å². The molecular formula is C18H21NO2. The summed E-state index contributed by atoms with van der Waals surface area (Å²) < 4.78 is 0. The molecule has 21 heavy (non-hydrogen) atoms. The molecule has 0 spiro atoms. The van der Waals surface area contributed by atoms with E-state index in [2.05, 4.69) is 37.4 Å². The van der Waals surface area contributed by atoms with Gasteiger partial charge in [0, 0.05) is 12.1 Å². The molecule has 0 unspecified atom stereocenters. The van der Waals surface area contributed by atoms with Crippen LogP contribution in [0.2, 0.25) is 0 Å². The molecule has 1 atom stereocenters. The third-order valence-electron chi connectivity index (χ3n) is 3.56. The predicted octanol–water partition coefficient (Wildman–Crippen LogP) is 3.16. The molecule has 2 aromatic carbocycles. The van der Waals surface area contributed by atoms with Crippen molar-refractivity contribution in [1.29, 1.82) is 0 Å². The first-order valence-corrected chi connectivity index (χ1v) is 7.16. The van der Waals surface area contributed by atoms with Crippen molar-refractivity contribution in [2.45, 2.75) is 26.2 Å². The highest BCUT2D eigenvalue weighted by Crippen LogP contribution is 2.17. The van der Waals surface area contributed by atoms with E-state index >= 15 is 0 Å². The first kappa shape index (κ1) is 15.1. The van der Waals surface area contributed by atoms with E-state index in [1.165, 1.54) is 11.1 Å². The van der Waals surface area contributed by atoms with Gasteiger partial charge >= 0.3 is 0 Å². The van der Waals surface area contributed by atoms with Crippen LogP contribution in [0.5, 0.6) is 5.75 Å². The second kappa shape index (κ2) is 6.93. The zero-order valence-corrected chi connectivity index (χ0v) is 12.5. The van der Waals surface area contributed by atoms with Gasteiger partial charge in [0.05, 0.1) is 6.42 Å². The van der Waals surface area contributed by atoms with Crippen LogP contribution in [0.1, 0.15) is 29.5 Å². The zero-order valence-electron chi connectivity index (χ0n) is 12.5. The SMILES string of the molecule is Cc1cccc([C@H](C)CNC(=O)Cc2ccccc2O)c1. The Morgan fingerprint density at radius 2 is 1.95 bits per heavy atom. The van der Waals surface area contributed by atoms with Gasteiger partial charge in [-0.3, -0.25) is 4.79 Å². The summed E-state index contributed by atoms with van der Waals surface area (Å²) in [5, 5.41) is 12.6. The molecule has 0 saturated carbocycles. The average molecular weight is 283 g/mol. The van der Waals surface area contributed by atoms with Crippen molar-refractivity contribution in [2.24, 2.45) is 0 Å². The Kier molecular flexibility index (Phi) is 4.99. The topological polar surface area (TPSA) is 49.3 Å². The molecule has 0 aromatic heterocycles. The number of phenolic OH excluding ortho intramolecular Hbond substituents is 1. The number of benzene rings is 2. The molecule has 0 radical (unpaired) electrons. The van der Waals surface area contributed by atoms with Gasteiger partial charge in [-0.2, -0.15) is 0 Å². The first-order valence-electron chi connectivity index (χ1n) is 7.16. The Labute approximate surface area is 125 Å². The van der Waals surface area contributed by atoms with Crippen LogP contribution in [0, 0.1) is 6.92 Å². The average Bonchev–Trinajstić information content (AvgIpc) is 2.47. The Bertz CT molecular complexity index is 622. The van der Waals surface area contributed by atoms with E-state index < -0.39 is 0 Å². The molecule has 0 aliphatic heterocycles. The molecule has 2 N–H and O–H groups in total. The van der Waals surface area contributed by atoms with Crippen LogP contribution in [-0.4, -0.2) is 17.6 Å². The summed E-state index contributed by atoms with van der Waals surface area (Å²) in [6, 6.07) is 15.2. The Balaban J connectivity index is 1.88. The van der Waals surface area contributed by atoms with Crippen LogP contribution < -0.4 is 5.32 Å². The van der Waals surface area contributed by atoms with Crippen molar-refractivity contribution in [3.8, 4) is 5.75 Å². The molecule has 1 amide bonds. The van der Waals surface area contributed by atoms with E-state index in [4.69, 9.17) is 0 Å². The summed E-state index contributed by atoms with van der Waals surface area (Å²) in [6.45, 7) is 4.75. The number of aryl methyl sites for hydroxylation is 1. The molecular weight excluding hydrogens is 262 g/mol. The number of aromatic hydroxyl groups is 1. The summed E-state index contributed by atoms with van der Waals surface area (Å²) in [4.78, 5) is 11.9. The van der Waals surface area contributed by atoms with Crippen molar-refractivity contribution < 1.29 is 9.90 Å². The van der Waals surface area contributed by atoms with E-state index in [0.29, 0.717) is 12.1 Å². The third-order valence-corrected chi connectivity index (χ3v) is 3.56. The van der Waals surface area contributed by atoms with Crippen LogP contribution in [0.25, 0.3) is 0 Å². The largest absolute Gasteiger partial charge is 0.508 e. The van der Waals surface area contributed by atoms with Crippen LogP contribution >= 0.6 is 0 Å². The van der Waals surface area contributed by atoms with Gasteiger partial charge in [-0.15, -0.1) is 0 Å². The molecule has 2 aromatic rings. The third kappa shape index (κ3) is 4.35. The second-order valence-electron chi connectivity index (χ2n) is 5.42. The number of hydrogen-bond donors (Lipinski definition) is 2. The predicted molar refractivity (Wildman–Crippen MR) is 84.4 cm³/mol. The molecule has 0 bridgehead atoms. The smallest absolute Gasteiger partial charge is 0.224 e. The molecule has 0 aliphatic rings. The minimum atomic E-state index is -0.0731. The minimum Gasteiger partial charge on any atom is -0.508 e. The summed E-state index contributed by atoms with van der Waals surface area (Å²) in [7, 11) is 0. The zero-order chi connectivity index (χ0) is 15.2. The lowest BCUT2D eigenvalue weighted by atomic mass is 9.99. The summed E-state index contributed by atoms with van der Waals surface area (Å²) in [5.41, 5.74) is 3.09. The lowest BCUT2D eigenvalue weighted by Crippen LogP contribution is -2.28. The van der Waals surface area contributed by atoms with E-state index in [1.54, 1.807) is 18.2 Å². The van der Waals surface area contributed by atoms with Crippen LogP contribution in [0.4, 0.5) is 0 Å². The van der Waals surface area contributed by atoms with E-state index in [-0.39, 0.29) is 24.0 Å². The summed E-state index contributed by atoms with van der Waals surface area (Å²) in [5.74, 6) is 0.355. The monoisotopic (exact) mass is 283 g/mol. The molecule has 3 nitrogen and oxygen atoms in total. The van der Waals surface area contributed by atoms with Gasteiger partial charge in [-0.05, 0) is 24.5 Å². The number of carbonyl (C=O) groups is 1. The number of para-hydroxylation sites is 1.